The predicted octanol–water partition coefficient (Wildman–Crippen LogP) is 5.48. The Labute approximate surface area is 198 Å². The van der Waals surface area contributed by atoms with Crippen LogP contribution in [0.3, 0.4) is 0 Å². The minimum atomic E-state index is -0.385. The van der Waals surface area contributed by atoms with Crippen LogP contribution in [0, 0.1) is 13.8 Å². The number of nitrogens with zero attached hydrogens (tertiary/aromatic N) is 4. The molecule has 5 rings (SSSR count). The smallest absolute Gasteiger partial charge is 0.236 e. The first-order chi connectivity index (χ1) is 15.9. The first kappa shape index (κ1) is 22.1. The summed E-state index contributed by atoms with van der Waals surface area (Å²) in [6, 6.07) is 10.7. The van der Waals surface area contributed by atoms with Crippen LogP contribution in [0.4, 0.5) is 5.82 Å². The van der Waals surface area contributed by atoms with Crippen LogP contribution in [-0.4, -0.2) is 47.9 Å². The van der Waals surface area contributed by atoms with Gasteiger partial charge in [-0.25, -0.2) is 4.98 Å². The molecule has 3 aromatic heterocycles. The molecule has 0 N–H and O–H groups in total. The summed E-state index contributed by atoms with van der Waals surface area (Å²) in [7, 11) is 1.76. The topological polar surface area (TPSA) is 52.4 Å². The summed E-state index contributed by atoms with van der Waals surface area (Å²) >= 11 is 1.74. The largest absolute Gasteiger partial charge is 0.378 e. The summed E-state index contributed by atoms with van der Waals surface area (Å²) in [4.78, 5) is 13.6. The highest BCUT2D eigenvalue weighted by atomic mass is 32.1. The Morgan fingerprint density at radius 3 is 2.58 bits per heavy atom. The summed E-state index contributed by atoms with van der Waals surface area (Å²) in [5, 5.41) is 0. The van der Waals surface area contributed by atoms with Gasteiger partial charge in [-0.15, -0.1) is 11.3 Å². The van der Waals surface area contributed by atoms with Crippen molar-refractivity contribution < 1.29 is 9.47 Å². The fourth-order valence-electron chi connectivity index (χ4n) is 4.35. The molecule has 4 aromatic rings. The average molecular weight is 463 g/mol. The van der Waals surface area contributed by atoms with Crippen molar-refractivity contribution in [1.29, 1.82) is 0 Å². The van der Waals surface area contributed by atoms with E-state index in [4.69, 9.17) is 19.4 Å². The normalized spacial score (nSPS) is 14.9. The molecular formula is C26H30N4O2S. The molecule has 0 unspecified atom stereocenters. The number of hydrogen-bond donors (Lipinski definition) is 0. The number of aromatic nitrogens is 3. The molecule has 7 heteroatoms. The van der Waals surface area contributed by atoms with Gasteiger partial charge < -0.3 is 14.4 Å². The van der Waals surface area contributed by atoms with Crippen molar-refractivity contribution in [2.45, 2.75) is 33.3 Å². The monoisotopic (exact) mass is 462 g/mol. The highest BCUT2D eigenvalue weighted by Crippen LogP contribution is 2.42. The summed E-state index contributed by atoms with van der Waals surface area (Å²) in [6.07, 6.45) is 4.16. The van der Waals surface area contributed by atoms with Crippen LogP contribution in [0.15, 0.2) is 42.7 Å². The van der Waals surface area contributed by atoms with Gasteiger partial charge in [0.1, 0.15) is 0 Å². The summed E-state index contributed by atoms with van der Waals surface area (Å²) in [6.45, 7) is 11.5. The number of ether oxygens (including phenoxy) is 2. The maximum absolute atomic E-state index is 5.82. The van der Waals surface area contributed by atoms with E-state index in [1.807, 2.05) is 10.8 Å². The molecule has 0 spiro atoms. The van der Waals surface area contributed by atoms with Crippen LogP contribution in [0.1, 0.15) is 29.9 Å². The maximum atomic E-state index is 5.82. The van der Waals surface area contributed by atoms with Gasteiger partial charge in [0.2, 0.25) is 5.95 Å². The van der Waals surface area contributed by atoms with E-state index >= 15 is 0 Å². The number of fused-ring (bicyclic) bond motifs is 1. The van der Waals surface area contributed by atoms with Crippen molar-refractivity contribution in [1.82, 2.24) is 14.5 Å². The van der Waals surface area contributed by atoms with Gasteiger partial charge >= 0.3 is 0 Å². The number of thiophene rings is 1. The van der Waals surface area contributed by atoms with Crippen LogP contribution in [0.25, 0.3) is 27.3 Å². The molecule has 1 aromatic carbocycles. The molecular weight excluding hydrogens is 432 g/mol. The molecule has 4 heterocycles. The van der Waals surface area contributed by atoms with Gasteiger partial charge in [-0.3, -0.25) is 4.57 Å². The van der Waals surface area contributed by atoms with Crippen molar-refractivity contribution in [3.8, 4) is 17.1 Å². The van der Waals surface area contributed by atoms with Crippen molar-refractivity contribution in [3.05, 3.63) is 58.7 Å². The third kappa shape index (κ3) is 4.05. The standard InChI is InChI=1S/C26H30N4O2S/c1-17-7-6-8-19(15-17)20-9-10-30(16-20)25-27-21-18(2)23(26(3,4)31-5)33-22(21)24(28-25)29-11-13-32-14-12-29/h6-10,15-16H,11-14H2,1-5H3. The number of benzene rings is 1. The molecule has 1 aliphatic heterocycles. The zero-order valence-corrected chi connectivity index (χ0v) is 20.7. The lowest BCUT2D eigenvalue weighted by atomic mass is 10.0. The zero-order chi connectivity index (χ0) is 23.2. The lowest BCUT2D eigenvalue weighted by Gasteiger charge is -2.28. The Balaban J connectivity index is 1.66. The molecule has 1 saturated heterocycles. The summed E-state index contributed by atoms with van der Waals surface area (Å²) in [5.41, 5.74) is 5.36. The minimum absolute atomic E-state index is 0.385. The fraction of sp³-hybridized carbons (Fsp3) is 0.385. The number of methoxy groups -OCH3 is 1. The number of aryl methyl sites for hydroxylation is 2. The number of rotatable bonds is 5. The lowest BCUT2D eigenvalue weighted by Crippen LogP contribution is -2.37. The molecule has 6 nitrogen and oxygen atoms in total. The van der Waals surface area contributed by atoms with E-state index in [1.54, 1.807) is 18.4 Å². The number of morpholine rings is 1. The highest BCUT2D eigenvalue weighted by molar-refractivity contribution is 7.20. The Kier molecular flexibility index (Phi) is 5.72. The van der Waals surface area contributed by atoms with Gasteiger partial charge in [0.25, 0.3) is 0 Å². The third-order valence-corrected chi connectivity index (χ3v) is 7.96. The van der Waals surface area contributed by atoms with E-state index in [0.29, 0.717) is 19.2 Å². The second-order valence-electron chi connectivity index (χ2n) is 9.07. The maximum Gasteiger partial charge on any atom is 0.236 e. The van der Waals surface area contributed by atoms with Gasteiger partial charge in [-0.2, -0.15) is 4.98 Å². The van der Waals surface area contributed by atoms with E-state index in [-0.39, 0.29) is 5.60 Å². The molecule has 0 atom stereocenters. The van der Waals surface area contributed by atoms with Crippen LogP contribution >= 0.6 is 11.3 Å². The number of anilines is 1. The second-order valence-corrected chi connectivity index (χ2v) is 10.1. The van der Waals surface area contributed by atoms with Crippen molar-refractivity contribution >= 4 is 27.4 Å². The molecule has 33 heavy (non-hydrogen) atoms. The van der Waals surface area contributed by atoms with Crippen molar-refractivity contribution in [2.75, 3.05) is 38.3 Å². The van der Waals surface area contributed by atoms with Gasteiger partial charge in [-0.05, 0) is 50.5 Å². The minimum Gasteiger partial charge on any atom is -0.378 e. The molecule has 1 fully saturated rings. The van der Waals surface area contributed by atoms with Crippen LogP contribution in [-0.2, 0) is 15.1 Å². The first-order valence-electron chi connectivity index (χ1n) is 11.3. The van der Waals surface area contributed by atoms with Crippen LogP contribution < -0.4 is 4.90 Å². The molecule has 172 valence electrons. The molecule has 0 saturated carbocycles. The lowest BCUT2D eigenvalue weighted by molar-refractivity contribution is 0.0220. The highest BCUT2D eigenvalue weighted by Gasteiger charge is 2.29. The predicted molar refractivity (Wildman–Crippen MR) is 135 cm³/mol. The fourth-order valence-corrected chi connectivity index (χ4v) is 5.69. The zero-order valence-electron chi connectivity index (χ0n) is 19.9. The van der Waals surface area contributed by atoms with Crippen LogP contribution in [0.2, 0.25) is 0 Å². The van der Waals surface area contributed by atoms with E-state index in [1.165, 1.54) is 16.0 Å². The van der Waals surface area contributed by atoms with Gasteiger partial charge in [0, 0.05) is 37.5 Å². The Morgan fingerprint density at radius 2 is 1.85 bits per heavy atom. The second kappa shape index (κ2) is 8.56. The molecule has 0 radical (unpaired) electrons. The molecule has 0 amide bonds. The SMILES string of the molecule is COC(C)(C)c1sc2c(N3CCOCC3)nc(-n3ccc(-c4cccc(C)c4)c3)nc2c1C. The van der Waals surface area contributed by atoms with E-state index in [2.05, 4.69) is 69.1 Å². The molecule has 1 aliphatic rings. The summed E-state index contributed by atoms with van der Waals surface area (Å²) in [5.74, 6) is 1.67. The van der Waals surface area contributed by atoms with E-state index < -0.39 is 0 Å². The summed E-state index contributed by atoms with van der Waals surface area (Å²) < 4.78 is 14.6. The Bertz CT molecular complexity index is 1300. The van der Waals surface area contributed by atoms with E-state index in [0.717, 1.165) is 40.3 Å². The van der Waals surface area contributed by atoms with Crippen molar-refractivity contribution in [2.24, 2.45) is 0 Å². The quantitative estimate of drug-likeness (QED) is 0.393. The third-order valence-electron chi connectivity index (χ3n) is 6.38. The Morgan fingerprint density at radius 1 is 1.06 bits per heavy atom. The number of hydrogen-bond acceptors (Lipinski definition) is 6. The van der Waals surface area contributed by atoms with E-state index in [9.17, 15) is 0 Å². The average Bonchev–Trinajstić information content (AvgIpc) is 3.45. The van der Waals surface area contributed by atoms with Gasteiger partial charge in [-0.1, -0.05) is 29.8 Å². The van der Waals surface area contributed by atoms with Gasteiger partial charge in [0.05, 0.1) is 29.0 Å². The molecule has 0 bridgehead atoms. The molecule has 0 aliphatic carbocycles. The van der Waals surface area contributed by atoms with Crippen LogP contribution in [0.5, 0.6) is 0 Å². The van der Waals surface area contributed by atoms with Crippen molar-refractivity contribution in [3.63, 3.8) is 0 Å². The van der Waals surface area contributed by atoms with Gasteiger partial charge in [0.15, 0.2) is 5.82 Å². The first-order valence-corrected chi connectivity index (χ1v) is 12.1. The Hall–Kier alpha value is -2.74.